The lowest BCUT2D eigenvalue weighted by Crippen LogP contribution is -2.15. The molecular weight excluding hydrogens is 346 g/mol. The summed E-state index contributed by atoms with van der Waals surface area (Å²) in [6.07, 6.45) is 3.50. The van der Waals surface area contributed by atoms with E-state index in [0.717, 1.165) is 17.0 Å². The first-order chi connectivity index (χ1) is 13.2. The summed E-state index contributed by atoms with van der Waals surface area (Å²) < 4.78 is 15.7. The molecule has 2 heterocycles. The summed E-state index contributed by atoms with van der Waals surface area (Å²) in [6, 6.07) is 12.7. The molecule has 0 spiro atoms. The van der Waals surface area contributed by atoms with E-state index in [4.69, 9.17) is 13.9 Å². The van der Waals surface area contributed by atoms with Gasteiger partial charge in [-0.3, -0.25) is 4.79 Å². The molecule has 0 unspecified atom stereocenters. The van der Waals surface area contributed by atoms with E-state index < -0.39 is 0 Å². The van der Waals surface area contributed by atoms with Gasteiger partial charge in [-0.05, 0) is 42.0 Å². The maximum Gasteiger partial charge on any atom is 0.229 e. The maximum atomic E-state index is 12.3. The van der Waals surface area contributed by atoms with Crippen LogP contribution < -0.4 is 20.1 Å². The van der Waals surface area contributed by atoms with Crippen LogP contribution >= 0.6 is 0 Å². The fourth-order valence-electron chi connectivity index (χ4n) is 2.54. The van der Waals surface area contributed by atoms with Crippen molar-refractivity contribution in [2.75, 3.05) is 24.9 Å². The Morgan fingerprint density at radius 2 is 1.96 bits per heavy atom. The van der Waals surface area contributed by atoms with Gasteiger partial charge >= 0.3 is 0 Å². The van der Waals surface area contributed by atoms with E-state index in [1.807, 2.05) is 24.3 Å². The van der Waals surface area contributed by atoms with E-state index in [2.05, 4.69) is 15.6 Å². The SMILES string of the molecule is COc1ccc(CC(=O)Nc2ccc(NCc3ccco3)cn2)cc1OC. The van der Waals surface area contributed by atoms with Gasteiger partial charge in [0.05, 0.1) is 45.3 Å². The van der Waals surface area contributed by atoms with Crippen LogP contribution in [0.4, 0.5) is 11.5 Å². The van der Waals surface area contributed by atoms with Gasteiger partial charge in [0.1, 0.15) is 11.6 Å². The highest BCUT2D eigenvalue weighted by molar-refractivity contribution is 5.91. The molecule has 27 heavy (non-hydrogen) atoms. The Balaban J connectivity index is 1.54. The number of carbonyl (C=O) groups excluding carboxylic acids is 1. The van der Waals surface area contributed by atoms with Crippen LogP contribution in [-0.4, -0.2) is 25.1 Å². The lowest BCUT2D eigenvalue weighted by Gasteiger charge is -2.10. The number of amides is 1. The molecule has 2 aromatic heterocycles. The number of ether oxygens (including phenoxy) is 2. The normalized spacial score (nSPS) is 10.3. The van der Waals surface area contributed by atoms with Crippen LogP contribution in [0.1, 0.15) is 11.3 Å². The fraction of sp³-hybridized carbons (Fsp3) is 0.200. The summed E-state index contributed by atoms with van der Waals surface area (Å²) in [4.78, 5) is 16.5. The molecule has 0 aliphatic heterocycles. The van der Waals surface area contributed by atoms with Crippen molar-refractivity contribution < 1.29 is 18.7 Å². The summed E-state index contributed by atoms with van der Waals surface area (Å²) >= 11 is 0. The van der Waals surface area contributed by atoms with Crippen molar-refractivity contribution in [3.8, 4) is 11.5 Å². The third-order valence-electron chi connectivity index (χ3n) is 3.89. The number of furan rings is 1. The van der Waals surface area contributed by atoms with E-state index >= 15 is 0 Å². The van der Waals surface area contributed by atoms with Crippen molar-refractivity contribution in [3.63, 3.8) is 0 Å². The number of carbonyl (C=O) groups is 1. The molecular formula is C20H21N3O4. The largest absolute Gasteiger partial charge is 0.493 e. The lowest BCUT2D eigenvalue weighted by atomic mass is 10.1. The van der Waals surface area contributed by atoms with E-state index in [9.17, 15) is 4.79 Å². The van der Waals surface area contributed by atoms with Crippen LogP contribution in [0.15, 0.2) is 59.3 Å². The van der Waals surface area contributed by atoms with Crippen LogP contribution in [0.2, 0.25) is 0 Å². The standard InChI is InChI=1S/C20H21N3O4/c1-25-17-7-5-14(10-18(17)26-2)11-20(24)23-19-8-6-15(12-22-19)21-13-16-4-3-9-27-16/h3-10,12,21H,11,13H2,1-2H3,(H,22,23,24). The van der Waals surface area contributed by atoms with Crippen LogP contribution in [0, 0.1) is 0 Å². The maximum absolute atomic E-state index is 12.3. The van der Waals surface area contributed by atoms with Gasteiger partial charge in [0.2, 0.25) is 5.91 Å². The molecule has 0 saturated carbocycles. The fourth-order valence-corrected chi connectivity index (χ4v) is 2.54. The van der Waals surface area contributed by atoms with Crippen molar-refractivity contribution in [2.45, 2.75) is 13.0 Å². The minimum absolute atomic E-state index is 0.161. The van der Waals surface area contributed by atoms with Gasteiger partial charge in [-0.15, -0.1) is 0 Å². The Morgan fingerprint density at radius 1 is 1.11 bits per heavy atom. The van der Waals surface area contributed by atoms with E-state index in [0.29, 0.717) is 23.9 Å². The summed E-state index contributed by atoms with van der Waals surface area (Å²) in [7, 11) is 3.14. The Hall–Kier alpha value is -3.48. The van der Waals surface area contributed by atoms with Gasteiger partial charge in [-0.2, -0.15) is 0 Å². The van der Waals surface area contributed by atoms with Crippen molar-refractivity contribution in [3.05, 3.63) is 66.2 Å². The molecule has 0 aliphatic carbocycles. The van der Waals surface area contributed by atoms with Gasteiger partial charge in [0, 0.05) is 0 Å². The van der Waals surface area contributed by atoms with E-state index in [-0.39, 0.29) is 12.3 Å². The molecule has 0 atom stereocenters. The first-order valence-corrected chi connectivity index (χ1v) is 8.41. The molecule has 0 bridgehead atoms. The second kappa shape index (κ2) is 8.75. The molecule has 7 heteroatoms. The Morgan fingerprint density at radius 3 is 2.63 bits per heavy atom. The Kier molecular flexibility index (Phi) is 5.94. The average Bonchev–Trinajstić information content (AvgIpc) is 3.21. The summed E-state index contributed by atoms with van der Waals surface area (Å²) in [5, 5.41) is 5.98. The summed E-state index contributed by atoms with van der Waals surface area (Å²) in [6.45, 7) is 0.569. The van der Waals surface area contributed by atoms with E-state index in [1.54, 1.807) is 44.9 Å². The molecule has 3 rings (SSSR count). The molecule has 1 amide bonds. The number of nitrogens with zero attached hydrogens (tertiary/aromatic N) is 1. The van der Waals surface area contributed by atoms with Crippen LogP contribution in [-0.2, 0) is 17.8 Å². The van der Waals surface area contributed by atoms with Gasteiger partial charge in [0.25, 0.3) is 0 Å². The number of nitrogens with one attached hydrogen (secondary N) is 2. The first kappa shape index (κ1) is 18.3. The first-order valence-electron chi connectivity index (χ1n) is 8.41. The minimum Gasteiger partial charge on any atom is -0.493 e. The van der Waals surface area contributed by atoms with Crippen LogP contribution in [0.5, 0.6) is 11.5 Å². The molecule has 0 radical (unpaired) electrons. The number of methoxy groups -OCH3 is 2. The number of hydrogen-bond donors (Lipinski definition) is 2. The van der Waals surface area contributed by atoms with Gasteiger partial charge < -0.3 is 24.5 Å². The predicted octanol–water partition coefficient (Wildman–Crippen LogP) is 3.49. The number of aromatic nitrogens is 1. The molecule has 0 fully saturated rings. The Bertz CT molecular complexity index is 877. The third-order valence-corrected chi connectivity index (χ3v) is 3.89. The number of anilines is 2. The highest BCUT2D eigenvalue weighted by Gasteiger charge is 2.09. The molecule has 0 aliphatic rings. The number of rotatable bonds is 8. The quantitative estimate of drug-likeness (QED) is 0.634. The average molecular weight is 367 g/mol. The van der Waals surface area contributed by atoms with Crippen molar-refractivity contribution in [1.29, 1.82) is 0 Å². The monoisotopic (exact) mass is 367 g/mol. The molecule has 2 N–H and O–H groups in total. The second-order valence-corrected chi connectivity index (χ2v) is 5.78. The van der Waals surface area contributed by atoms with Crippen molar-refractivity contribution in [1.82, 2.24) is 4.98 Å². The number of hydrogen-bond acceptors (Lipinski definition) is 6. The molecule has 1 aromatic carbocycles. The highest BCUT2D eigenvalue weighted by atomic mass is 16.5. The lowest BCUT2D eigenvalue weighted by molar-refractivity contribution is -0.115. The molecule has 140 valence electrons. The zero-order valence-corrected chi connectivity index (χ0v) is 15.2. The topological polar surface area (TPSA) is 85.6 Å². The molecule has 0 saturated heterocycles. The van der Waals surface area contributed by atoms with Gasteiger partial charge in [-0.1, -0.05) is 6.07 Å². The number of benzene rings is 1. The van der Waals surface area contributed by atoms with Crippen molar-refractivity contribution in [2.24, 2.45) is 0 Å². The minimum atomic E-state index is -0.161. The van der Waals surface area contributed by atoms with E-state index in [1.165, 1.54) is 0 Å². The second-order valence-electron chi connectivity index (χ2n) is 5.78. The highest BCUT2D eigenvalue weighted by Crippen LogP contribution is 2.27. The van der Waals surface area contributed by atoms with Crippen molar-refractivity contribution >= 4 is 17.4 Å². The smallest absolute Gasteiger partial charge is 0.229 e. The predicted molar refractivity (Wildman–Crippen MR) is 102 cm³/mol. The van der Waals surface area contributed by atoms with Gasteiger partial charge in [0.15, 0.2) is 11.5 Å². The molecule has 7 nitrogen and oxygen atoms in total. The van der Waals surface area contributed by atoms with Gasteiger partial charge in [-0.25, -0.2) is 4.98 Å². The zero-order chi connectivity index (χ0) is 19.1. The molecule has 3 aromatic rings. The third kappa shape index (κ3) is 5.01. The zero-order valence-electron chi connectivity index (χ0n) is 15.2. The van der Waals surface area contributed by atoms with Crippen LogP contribution in [0.3, 0.4) is 0 Å². The summed E-state index contributed by atoms with van der Waals surface area (Å²) in [5.74, 6) is 2.38. The van der Waals surface area contributed by atoms with Crippen LogP contribution in [0.25, 0.3) is 0 Å². The Labute approximate surface area is 157 Å². The summed E-state index contributed by atoms with van der Waals surface area (Å²) in [5.41, 5.74) is 1.66. The number of pyridine rings is 1.